The van der Waals surface area contributed by atoms with Gasteiger partial charge < -0.3 is 18.9 Å². The number of benzene rings is 3. The topological polar surface area (TPSA) is 88.1 Å². The van der Waals surface area contributed by atoms with Crippen LogP contribution < -0.4 is 4.74 Å². The molecule has 198 valence electrons. The fourth-order valence-electron chi connectivity index (χ4n) is 3.72. The summed E-state index contributed by atoms with van der Waals surface area (Å²) < 4.78 is 21.5. The summed E-state index contributed by atoms with van der Waals surface area (Å²) in [7, 11) is 0. The maximum absolute atomic E-state index is 12.6. The van der Waals surface area contributed by atoms with Gasteiger partial charge in [-0.25, -0.2) is 14.4 Å². The summed E-state index contributed by atoms with van der Waals surface area (Å²) in [6.07, 6.45) is 5.78. The van der Waals surface area contributed by atoms with Crippen LogP contribution in [0.2, 0.25) is 0 Å². The van der Waals surface area contributed by atoms with Crippen molar-refractivity contribution in [2.75, 3.05) is 13.2 Å². The smallest absolute Gasteiger partial charge is 0.343 e. The molecule has 39 heavy (non-hydrogen) atoms. The number of carbonyl (C=O) groups is 3. The van der Waals surface area contributed by atoms with Gasteiger partial charge in [-0.15, -0.1) is 0 Å². The molecule has 7 heteroatoms. The van der Waals surface area contributed by atoms with Crippen molar-refractivity contribution in [2.24, 2.45) is 0 Å². The van der Waals surface area contributed by atoms with Crippen LogP contribution in [0.4, 0.5) is 0 Å². The van der Waals surface area contributed by atoms with Crippen LogP contribution in [0.5, 0.6) is 5.75 Å². The van der Waals surface area contributed by atoms with E-state index in [1.165, 1.54) is 0 Å². The summed E-state index contributed by atoms with van der Waals surface area (Å²) in [5.74, 6) is 0.187. The lowest BCUT2D eigenvalue weighted by atomic mass is 10.0. The fraction of sp³-hybridized carbons (Fsp3) is 0.156. The van der Waals surface area contributed by atoms with E-state index in [0.29, 0.717) is 54.3 Å². The fourth-order valence-corrected chi connectivity index (χ4v) is 3.72. The zero-order valence-electron chi connectivity index (χ0n) is 21.3. The Kier molecular flexibility index (Phi) is 9.45. The van der Waals surface area contributed by atoms with Crippen LogP contribution in [-0.4, -0.2) is 31.1 Å². The van der Waals surface area contributed by atoms with Crippen LogP contribution in [0.25, 0.3) is 11.1 Å². The van der Waals surface area contributed by atoms with E-state index < -0.39 is 17.9 Å². The van der Waals surface area contributed by atoms with Crippen molar-refractivity contribution in [3.8, 4) is 16.9 Å². The molecule has 0 aromatic heterocycles. The number of ether oxygens (including phenoxy) is 4. The first kappa shape index (κ1) is 27.1. The van der Waals surface area contributed by atoms with Crippen LogP contribution in [0, 0.1) is 0 Å². The van der Waals surface area contributed by atoms with Gasteiger partial charge in [0.15, 0.2) is 0 Å². The lowest BCUT2D eigenvalue weighted by Gasteiger charge is -2.15. The highest BCUT2D eigenvalue weighted by molar-refractivity contribution is 5.91. The van der Waals surface area contributed by atoms with Crippen molar-refractivity contribution in [1.29, 1.82) is 0 Å². The standard InChI is InChI=1S/C32H28O7/c1-2-30(33)37-22-6-21-36-27-15-13-26(14-16-27)32(35)39-29-19-17-28(18-20-29)38-31(34)25-11-9-24(10-12-25)23-7-4-3-5-8-23/h2-5,7-17,19H,1,6,18,20-22H2. The normalized spacial score (nSPS) is 12.4. The number of allylic oxidation sites excluding steroid dienone is 4. The molecule has 0 unspecified atom stereocenters. The van der Waals surface area contributed by atoms with E-state index in [1.54, 1.807) is 48.6 Å². The van der Waals surface area contributed by atoms with Crippen molar-refractivity contribution < 1.29 is 33.3 Å². The summed E-state index contributed by atoms with van der Waals surface area (Å²) in [5.41, 5.74) is 2.93. The van der Waals surface area contributed by atoms with Gasteiger partial charge >= 0.3 is 17.9 Å². The van der Waals surface area contributed by atoms with Gasteiger partial charge in [0.2, 0.25) is 0 Å². The highest BCUT2D eigenvalue weighted by Crippen LogP contribution is 2.24. The first-order valence-electron chi connectivity index (χ1n) is 12.5. The number of rotatable bonds is 11. The van der Waals surface area contributed by atoms with E-state index in [2.05, 4.69) is 6.58 Å². The van der Waals surface area contributed by atoms with Gasteiger partial charge in [0, 0.05) is 25.3 Å². The summed E-state index contributed by atoms with van der Waals surface area (Å²) in [6, 6.07) is 23.8. The number of carbonyl (C=O) groups excluding carboxylic acids is 3. The molecule has 0 atom stereocenters. The summed E-state index contributed by atoms with van der Waals surface area (Å²) in [6.45, 7) is 3.93. The second kappa shape index (κ2) is 13.6. The molecular formula is C32H28O7. The van der Waals surface area contributed by atoms with Crippen LogP contribution in [-0.2, 0) is 19.0 Å². The van der Waals surface area contributed by atoms with Gasteiger partial charge in [-0.05, 0) is 59.7 Å². The molecule has 1 aliphatic rings. The Morgan fingerprint density at radius 3 is 1.77 bits per heavy atom. The maximum Gasteiger partial charge on any atom is 0.343 e. The molecule has 0 saturated carbocycles. The van der Waals surface area contributed by atoms with Gasteiger partial charge in [0.1, 0.15) is 17.3 Å². The van der Waals surface area contributed by atoms with E-state index in [4.69, 9.17) is 18.9 Å². The van der Waals surface area contributed by atoms with Gasteiger partial charge in [-0.1, -0.05) is 49.0 Å². The van der Waals surface area contributed by atoms with Crippen LogP contribution in [0.15, 0.2) is 115 Å². The van der Waals surface area contributed by atoms with Gasteiger partial charge in [0.25, 0.3) is 0 Å². The SMILES string of the molecule is C=CC(=O)OCCCOc1ccc(C(=O)OC2=CC=C(OC(=O)c3ccc(-c4ccccc4)cc3)CC2)cc1. The minimum atomic E-state index is -0.489. The second-order valence-electron chi connectivity index (χ2n) is 8.59. The molecule has 1 aliphatic carbocycles. The molecule has 0 saturated heterocycles. The quantitative estimate of drug-likeness (QED) is 0.124. The van der Waals surface area contributed by atoms with Gasteiger partial charge in [0.05, 0.1) is 24.3 Å². The molecule has 3 aromatic carbocycles. The molecule has 0 radical (unpaired) electrons. The third kappa shape index (κ3) is 8.04. The molecular weight excluding hydrogens is 496 g/mol. The Hall–Kier alpha value is -4.91. The van der Waals surface area contributed by atoms with E-state index in [1.807, 2.05) is 42.5 Å². The minimum absolute atomic E-state index is 0.238. The van der Waals surface area contributed by atoms with Crippen LogP contribution in [0.1, 0.15) is 40.0 Å². The molecule has 0 heterocycles. The van der Waals surface area contributed by atoms with E-state index >= 15 is 0 Å². The highest BCUT2D eigenvalue weighted by Gasteiger charge is 2.17. The zero-order chi connectivity index (χ0) is 27.5. The van der Waals surface area contributed by atoms with Gasteiger partial charge in [-0.3, -0.25) is 0 Å². The Bertz CT molecular complexity index is 1370. The first-order chi connectivity index (χ1) is 19.0. The molecule has 0 N–H and O–H groups in total. The third-order valence-corrected chi connectivity index (χ3v) is 5.81. The molecule has 4 rings (SSSR count). The van der Waals surface area contributed by atoms with Crippen LogP contribution >= 0.6 is 0 Å². The summed E-state index contributed by atoms with van der Waals surface area (Å²) in [4.78, 5) is 36.1. The minimum Gasteiger partial charge on any atom is -0.493 e. The number of hydrogen-bond donors (Lipinski definition) is 0. The van der Waals surface area contributed by atoms with E-state index in [-0.39, 0.29) is 6.61 Å². The van der Waals surface area contributed by atoms with Crippen molar-refractivity contribution in [1.82, 2.24) is 0 Å². The second-order valence-corrected chi connectivity index (χ2v) is 8.59. The van der Waals surface area contributed by atoms with Crippen molar-refractivity contribution in [2.45, 2.75) is 19.3 Å². The third-order valence-electron chi connectivity index (χ3n) is 5.81. The Labute approximate surface area is 227 Å². The molecule has 7 nitrogen and oxygen atoms in total. The number of hydrogen-bond acceptors (Lipinski definition) is 7. The van der Waals surface area contributed by atoms with Crippen molar-refractivity contribution >= 4 is 17.9 Å². The van der Waals surface area contributed by atoms with Crippen LogP contribution in [0.3, 0.4) is 0 Å². The first-order valence-corrected chi connectivity index (χ1v) is 12.5. The lowest BCUT2D eigenvalue weighted by molar-refractivity contribution is -0.137. The predicted octanol–water partition coefficient (Wildman–Crippen LogP) is 6.43. The molecule has 0 fully saturated rings. The Morgan fingerprint density at radius 2 is 1.23 bits per heavy atom. The zero-order valence-corrected chi connectivity index (χ0v) is 21.3. The van der Waals surface area contributed by atoms with Crippen molar-refractivity contribution in [3.05, 3.63) is 126 Å². The average molecular weight is 525 g/mol. The van der Waals surface area contributed by atoms with Crippen molar-refractivity contribution in [3.63, 3.8) is 0 Å². The van der Waals surface area contributed by atoms with E-state index in [0.717, 1.165) is 17.2 Å². The molecule has 3 aromatic rings. The Morgan fingerprint density at radius 1 is 0.692 bits per heavy atom. The monoisotopic (exact) mass is 524 g/mol. The largest absolute Gasteiger partial charge is 0.493 e. The van der Waals surface area contributed by atoms with E-state index in [9.17, 15) is 14.4 Å². The molecule has 0 spiro atoms. The van der Waals surface area contributed by atoms with Gasteiger partial charge in [-0.2, -0.15) is 0 Å². The summed E-state index contributed by atoms with van der Waals surface area (Å²) >= 11 is 0. The Balaban J connectivity index is 1.23. The number of esters is 3. The average Bonchev–Trinajstić information content (AvgIpc) is 2.98. The molecule has 0 bridgehead atoms. The lowest BCUT2D eigenvalue weighted by Crippen LogP contribution is -2.10. The highest BCUT2D eigenvalue weighted by atomic mass is 16.5. The molecule has 0 amide bonds. The maximum atomic E-state index is 12.6. The molecule has 0 aliphatic heterocycles. The predicted molar refractivity (Wildman–Crippen MR) is 146 cm³/mol. The summed E-state index contributed by atoms with van der Waals surface area (Å²) in [5, 5.41) is 0.